The highest BCUT2D eigenvalue weighted by molar-refractivity contribution is 4.86. The van der Waals surface area contributed by atoms with E-state index in [9.17, 15) is 5.11 Å². The summed E-state index contributed by atoms with van der Waals surface area (Å²) in [6.45, 7) is 8.67. The second-order valence-corrected chi connectivity index (χ2v) is 6.91. The molecule has 2 atom stereocenters. The molecule has 2 unspecified atom stereocenters. The highest BCUT2D eigenvalue weighted by atomic mass is 16.3. The monoisotopic (exact) mass is 283 g/mol. The van der Waals surface area contributed by atoms with Crippen molar-refractivity contribution in [3.05, 3.63) is 0 Å². The molecule has 0 aromatic carbocycles. The molecule has 0 radical (unpaired) electrons. The van der Waals surface area contributed by atoms with E-state index < -0.39 is 0 Å². The van der Waals surface area contributed by atoms with Crippen LogP contribution in [-0.4, -0.2) is 72.9 Å². The van der Waals surface area contributed by atoms with E-state index in [-0.39, 0.29) is 12.1 Å². The van der Waals surface area contributed by atoms with Crippen LogP contribution in [0.4, 0.5) is 0 Å². The maximum atomic E-state index is 9.41. The van der Waals surface area contributed by atoms with Gasteiger partial charge in [-0.15, -0.1) is 0 Å². The van der Waals surface area contributed by atoms with Gasteiger partial charge in [-0.1, -0.05) is 6.42 Å². The molecular formula is C16H33N3O. The number of likely N-dealkylation sites (N-methyl/N-ethyl adjacent to an activating group) is 1. The minimum atomic E-state index is -0.105. The Kier molecular flexibility index (Phi) is 6.27. The van der Waals surface area contributed by atoms with Gasteiger partial charge in [0.15, 0.2) is 0 Å². The lowest BCUT2D eigenvalue weighted by Gasteiger charge is -2.32. The summed E-state index contributed by atoms with van der Waals surface area (Å²) in [6, 6.07) is 0.809. The van der Waals surface area contributed by atoms with Crippen LogP contribution in [-0.2, 0) is 0 Å². The standard InChI is InChI=1S/C16H33N3O/c1-16(14-20,17-2)8-6-9-18-12-7-15(13-18)19-10-4-3-5-11-19/h15,17,20H,3-14H2,1-2H3. The van der Waals surface area contributed by atoms with Crippen molar-refractivity contribution >= 4 is 0 Å². The average molecular weight is 283 g/mol. The van der Waals surface area contributed by atoms with Gasteiger partial charge in [0.1, 0.15) is 0 Å². The highest BCUT2D eigenvalue weighted by Gasteiger charge is 2.28. The molecule has 0 aromatic rings. The van der Waals surface area contributed by atoms with Gasteiger partial charge in [-0.2, -0.15) is 0 Å². The fraction of sp³-hybridized carbons (Fsp3) is 1.00. The van der Waals surface area contributed by atoms with Gasteiger partial charge in [0.25, 0.3) is 0 Å². The minimum absolute atomic E-state index is 0.105. The van der Waals surface area contributed by atoms with Crippen molar-refractivity contribution in [2.24, 2.45) is 0 Å². The SMILES string of the molecule is CNC(C)(CO)CCCN1CCC(N2CCCCC2)C1. The van der Waals surface area contributed by atoms with Gasteiger partial charge in [-0.25, -0.2) is 0 Å². The number of hydrogen-bond donors (Lipinski definition) is 2. The molecule has 2 saturated heterocycles. The Morgan fingerprint density at radius 1 is 1.20 bits per heavy atom. The van der Waals surface area contributed by atoms with Crippen LogP contribution >= 0.6 is 0 Å². The number of aliphatic hydroxyl groups excluding tert-OH is 1. The summed E-state index contributed by atoms with van der Waals surface area (Å²) in [5.41, 5.74) is -0.105. The lowest BCUT2D eigenvalue weighted by molar-refractivity contribution is 0.154. The third-order valence-corrected chi connectivity index (χ3v) is 5.31. The normalized spacial score (nSPS) is 28.6. The van der Waals surface area contributed by atoms with Crippen LogP contribution in [0.15, 0.2) is 0 Å². The van der Waals surface area contributed by atoms with E-state index in [2.05, 4.69) is 22.0 Å². The summed E-state index contributed by atoms with van der Waals surface area (Å²) in [4.78, 5) is 5.33. The van der Waals surface area contributed by atoms with Crippen LogP contribution in [0.2, 0.25) is 0 Å². The Morgan fingerprint density at radius 2 is 1.95 bits per heavy atom. The zero-order chi connectivity index (χ0) is 14.4. The second-order valence-electron chi connectivity index (χ2n) is 6.91. The number of aliphatic hydroxyl groups is 1. The van der Waals surface area contributed by atoms with Gasteiger partial charge in [0, 0.05) is 18.1 Å². The van der Waals surface area contributed by atoms with Crippen LogP contribution in [0, 0.1) is 0 Å². The lowest BCUT2D eigenvalue weighted by atomic mass is 9.97. The average Bonchev–Trinajstić information content (AvgIpc) is 2.97. The maximum Gasteiger partial charge on any atom is 0.0610 e. The van der Waals surface area contributed by atoms with Gasteiger partial charge < -0.3 is 15.3 Å². The fourth-order valence-electron chi connectivity index (χ4n) is 3.57. The third-order valence-electron chi connectivity index (χ3n) is 5.31. The maximum absolute atomic E-state index is 9.41. The minimum Gasteiger partial charge on any atom is -0.394 e. The van der Waals surface area contributed by atoms with E-state index in [4.69, 9.17) is 0 Å². The zero-order valence-electron chi connectivity index (χ0n) is 13.4. The number of hydrogen-bond acceptors (Lipinski definition) is 4. The van der Waals surface area contributed by atoms with Crippen LogP contribution in [0.1, 0.15) is 45.4 Å². The molecule has 2 heterocycles. The number of rotatable bonds is 7. The molecule has 2 N–H and O–H groups in total. The largest absolute Gasteiger partial charge is 0.394 e. The van der Waals surface area contributed by atoms with Crippen LogP contribution < -0.4 is 5.32 Å². The van der Waals surface area contributed by atoms with Crippen molar-refractivity contribution in [1.29, 1.82) is 0 Å². The Labute approximate surface area is 124 Å². The van der Waals surface area contributed by atoms with Crippen LogP contribution in [0.3, 0.4) is 0 Å². The van der Waals surface area contributed by atoms with E-state index >= 15 is 0 Å². The van der Waals surface area contributed by atoms with Crippen LogP contribution in [0.25, 0.3) is 0 Å². The highest BCUT2D eigenvalue weighted by Crippen LogP contribution is 2.21. The number of nitrogens with zero attached hydrogens (tertiary/aromatic N) is 2. The first-order valence-corrected chi connectivity index (χ1v) is 8.43. The Hall–Kier alpha value is -0.160. The topological polar surface area (TPSA) is 38.7 Å². The number of nitrogens with one attached hydrogen (secondary N) is 1. The Balaban J connectivity index is 1.65. The lowest BCUT2D eigenvalue weighted by Crippen LogP contribution is -2.44. The van der Waals surface area contributed by atoms with Gasteiger partial charge in [0.2, 0.25) is 0 Å². The molecule has 2 fully saturated rings. The molecule has 20 heavy (non-hydrogen) atoms. The molecule has 4 nitrogen and oxygen atoms in total. The zero-order valence-corrected chi connectivity index (χ0v) is 13.4. The summed E-state index contributed by atoms with van der Waals surface area (Å²) < 4.78 is 0. The van der Waals surface area contributed by atoms with E-state index in [0.29, 0.717) is 0 Å². The molecule has 2 rings (SSSR count). The summed E-state index contributed by atoms with van der Waals surface area (Å²) in [7, 11) is 1.94. The van der Waals surface area contributed by atoms with Gasteiger partial charge in [-0.05, 0) is 72.3 Å². The number of piperidine rings is 1. The summed E-state index contributed by atoms with van der Waals surface area (Å²) in [5, 5.41) is 12.6. The first-order valence-electron chi connectivity index (χ1n) is 8.43. The molecule has 0 aliphatic carbocycles. The quantitative estimate of drug-likeness (QED) is 0.739. The van der Waals surface area contributed by atoms with E-state index in [1.807, 2.05) is 7.05 Å². The predicted octanol–water partition coefficient (Wildman–Crippen LogP) is 1.30. The molecule has 0 amide bonds. The molecule has 0 saturated carbocycles. The van der Waals surface area contributed by atoms with Gasteiger partial charge in [-0.3, -0.25) is 4.90 Å². The summed E-state index contributed by atoms with van der Waals surface area (Å²) >= 11 is 0. The predicted molar refractivity (Wildman–Crippen MR) is 84.1 cm³/mol. The smallest absolute Gasteiger partial charge is 0.0610 e. The molecule has 4 heteroatoms. The van der Waals surface area contributed by atoms with E-state index in [1.54, 1.807) is 0 Å². The van der Waals surface area contributed by atoms with Crippen molar-refractivity contribution in [2.75, 3.05) is 46.4 Å². The van der Waals surface area contributed by atoms with Crippen molar-refractivity contribution in [3.8, 4) is 0 Å². The van der Waals surface area contributed by atoms with Crippen molar-refractivity contribution in [1.82, 2.24) is 15.1 Å². The Bertz CT molecular complexity index is 275. The first-order chi connectivity index (χ1) is 9.67. The molecule has 118 valence electrons. The van der Waals surface area contributed by atoms with E-state index in [1.165, 1.54) is 64.8 Å². The molecule has 2 aliphatic rings. The van der Waals surface area contributed by atoms with Gasteiger partial charge >= 0.3 is 0 Å². The number of likely N-dealkylation sites (tertiary alicyclic amines) is 2. The second kappa shape index (κ2) is 7.74. The molecular weight excluding hydrogens is 250 g/mol. The summed E-state index contributed by atoms with van der Waals surface area (Å²) in [6.07, 6.45) is 7.79. The van der Waals surface area contributed by atoms with Crippen molar-refractivity contribution in [2.45, 2.75) is 57.0 Å². The molecule has 0 bridgehead atoms. The first kappa shape index (κ1) is 16.2. The van der Waals surface area contributed by atoms with Crippen molar-refractivity contribution < 1.29 is 5.11 Å². The van der Waals surface area contributed by atoms with E-state index in [0.717, 1.165) is 12.5 Å². The molecule has 0 aromatic heterocycles. The third kappa shape index (κ3) is 4.42. The van der Waals surface area contributed by atoms with Crippen LogP contribution in [0.5, 0.6) is 0 Å². The van der Waals surface area contributed by atoms with Crippen molar-refractivity contribution in [3.63, 3.8) is 0 Å². The van der Waals surface area contributed by atoms with Gasteiger partial charge in [0.05, 0.1) is 6.61 Å². The Morgan fingerprint density at radius 3 is 2.60 bits per heavy atom. The fourth-order valence-corrected chi connectivity index (χ4v) is 3.57. The molecule has 0 spiro atoms. The summed E-state index contributed by atoms with van der Waals surface area (Å²) in [5.74, 6) is 0. The molecule has 2 aliphatic heterocycles.